The Morgan fingerprint density at radius 1 is 1.25 bits per heavy atom. The normalized spacial score (nSPS) is 14.1. The van der Waals surface area contributed by atoms with Gasteiger partial charge in [0.15, 0.2) is 0 Å². The third-order valence-corrected chi connectivity index (χ3v) is 5.24. The Balaban J connectivity index is 0.00000144. The topological polar surface area (TPSA) is 88.2 Å². The number of carbonyl (C=O) groups excluding carboxylic acids is 1. The summed E-state index contributed by atoms with van der Waals surface area (Å²) in [5.74, 6) is 0.873. The Bertz CT molecular complexity index is 656. The number of hydrogen-bond donors (Lipinski definition) is 1. The minimum absolute atomic E-state index is 0. The van der Waals surface area contributed by atoms with Crippen LogP contribution in [0.3, 0.4) is 0 Å². The number of anilines is 1. The Morgan fingerprint density at radius 2 is 1.96 bits per heavy atom. The van der Waals surface area contributed by atoms with Crippen LogP contribution in [0.1, 0.15) is 28.2 Å². The Hall–Kier alpha value is -1.00. The van der Waals surface area contributed by atoms with Crippen molar-refractivity contribution in [2.45, 2.75) is 19.9 Å². The lowest BCUT2D eigenvalue weighted by Crippen LogP contribution is -2.48. The number of rotatable bonds is 4. The summed E-state index contributed by atoms with van der Waals surface area (Å²) < 4.78 is 4.31. The molecule has 1 saturated heterocycles. The van der Waals surface area contributed by atoms with Gasteiger partial charge in [-0.2, -0.15) is 4.37 Å². The van der Waals surface area contributed by atoms with Gasteiger partial charge < -0.3 is 15.5 Å². The maximum atomic E-state index is 12.4. The molecule has 1 fully saturated rings. The van der Waals surface area contributed by atoms with Crippen LogP contribution in [0.4, 0.5) is 5.13 Å². The summed E-state index contributed by atoms with van der Waals surface area (Å²) in [6, 6.07) is 0. The Labute approximate surface area is 161 Å². The van der Waals surface area contributed by atoms with E-state index < -0.39 is 0 Å². The lowest BCUT2D eigenvalue weighted by Gasteiger charge is -2.34. The second-order valence-corrected chi connectivity index (χ2v) is 6.63. The van der Waals surface area contributed by atoms with Crippen molar-refractivity contribution in [3.63, 3.8) is 0 Å². The van der Waals surface area contributed by atoms with Gasteiger partial charge in [0, 0.05) is 56.1 Å². The Morgan fingerprint density at radius 3 is 2.50 bits per heavy atom. The standard InChI is InChI=1S/C13H18N6OS2.2ClH/c1-2-10-16-13(22-17-10)19-5-3-18(4-6-19)12(20)9-8-21-11(7-14)15-9;;/h8H,2-7,14H2,1H3;2*1H. The van der Waals surface area contributed by atoms with Crippen LogP contribution >= 0.6 is 47.7 Å². The molecule has 0 radical (unpaired) electrons. The molecular weight excluding hydrogens is 391 g/mol. The van der Waals surface area contributed by atoms with E-state index in [0.717, 1.165) is 35.5 Å². The van der Waals surface area contributed by atoms with Gasteiger partial charge in [-0.05, 0) is 0 Å². The van der Waals surface area contributed by atoms with Crippen molar-refractivity contribution in [2.75, 3.05) is 31.1 Å². The average Bonchev–Trinajstić information content (AvgIpc) is 3.23. The molecule has 134 valence electrons. The largest absolute Gasteiger partial charge is 0.343 e. The van der Waals surface area contributed by atoms with Crippen LogP contribution in [0.5, 0.6) is 0 Å². The maximum absolute atomic E-state index is 12.4. The average molecular weight is 411 g/mol. The van der Waals surface area contributed by atoms with Crippen molar-refractivity contribution < 1.29 is 4.79 Å². The molecule has 3 heterocycles. The van der Waals surface area contributed by atoms with Crippen molar-refractivity contribution in [2.24, 2.45) is 5.73 Å². The second-order valence-electron chi connectivity index (χ2n) is 4.96. The summed E-state index contributed by atoms with van der Waals surface area (Å²) in [6.07, 6.45) is 0.849. The van der Waals surface area contributed by atoms with Crippen LogP contribution in [-0.2, 0) is 13.0 Å². The van der Waals surface area contributed by atoms with Crippen LogP contribution in [0.2, 0.25) is 0 Å². The van der Waals surface area contributed by atoms with E-state index in [9.17, 15) is 4.79 Å². The molecule has 3 rings (SSSR count). The van der Waals surface area contributed by atoms with Crippen molar-refractivity contribution in [3.05, 3.63) is 21.9 Å². The van der Waals surface area contributed by atoms with Crippen LogP contribution in [-0.4, -0.2) is 51.3 Å². The van der Waals surface area contributed by atoms with Gasteiger partial charge in [-0.15, -0.1) is 36.2 Å². The molecule has 1 amide bonds. The number of nitrogens with zero attached hydrogens (tertiary/aromatic N) is 5. The predicted molar refractivity (Wildman–Crippen MR) is 102 cm³/mol. The van der Waals surface area contributed by atoms with E-state index >= 15 is 0 Å². The number of carbonyl (C=O) groups is 1. The highest BCUT2D eigenvalue weighted by molar-refractivity contribution is 7.10. The van der Waals surface area contributed by atoms with Crippen LogP contribution in [0.25, 0.3) is 0 Å². The number of aromatic nitrogens is 3. The van der Waals surface area contributed by atoms with Crippen molar-refractivity contribution in [1.29, 1.82) is 0 Å². The van der Waals surface area contributed by atoms with Gasteiger partial charge in [0.05, 0.1) is 0 Å². The van der Waals surface area contributed by atoms with Crippen LogP contribution in [0, 0.1) is 0 Å². The summed E-state index contributed by atoms with van der Waals surface area (Å²) in [5, 5.41) is 3.53. The highest BCUT2D eigenvalue weighted by Crippen LogP contribution is 2.20. The number of thiazole rings is 1. The summed E-state index contributed by atoms with van der Waals surface area (Å²) in [5.41, 5.74) is 6.05. The smallest absolute Gasteiger partial charge is 0.273 e. The molecule has 24 heavy (non-hydrogen) atoms. The van der Waals surface area contributed by atoms with Crippen LogP contribution < -0.4 is 10.6 Å². The van der Waals surface area contributed by atoms with E-state index in [2.05, 4.69) is 19.2 Å². The van der Waals surface area contributed by atoms with Crippen molar-refractivity contribution >= 4 is 58.7 Å². The van der Waals surface area contributed by atoms with E-state index in [-0.39, 0.29) is 30.7 Å². The third-order valence-electron chi connectivity index (χ3n) is 3.56. The van der Waals surface area contributed by atoms with Gasteiger partial charge >= 0.3 is 0 Å². The molecule has 1 aliphatic rings. The monoisotopic (exact) mass is 410 g/mol. The molecule has 0 aromatic carbocycles. The minimum atomic E-state index is -0.0119. The molecule has 11 heteroatoms. The zero-order valence-corrected chi connectivity index (χ0v) is 16.4. The fraction of sp³-hybridized carbons (Fsp3) is 0.538. The summed E-state index contributed by atoms with van der Waals surface area (Å²) in [6.45, 7) is 5.33. The SMILES string of the molecule is CCc1nsc(N2CCN(C(=O)c3csc(CN)n3)CC2)n1.Cl.Cl. The van der Waals surface area contributed by atoms with Gasteiger partial charge in [-0.1, -0.05) is 6.92 Å². The van der Waals surface area contributed by atoms with E-state index in [1.165, 1.54) is 22.9 Å². The lowest BCUT2D eigenvalue weighted by molar-refractivity contribution is 0.0741. The van der Waals surface area contributed by atoms with Gasteiger partial charge in [-0.3, -0.25) is 4.79 Å². The van der Waals surface area contributed by atoms with Gasteiger partial charge in [0.1, 0.15) is 16.5 Å². The van der Waals surface area contributed by atoms with Crippen molar-refractivity contribution in [1.82, 2.24) is 19.2 Å². The first-order valence-electron chi connectivity index (χ1n) is 7.22. The van der Waals surface area contributed by atoms with Gasteiger partial charge in [-0.25, -0.2) is 9.97 Å². The number of hydrogen-bond acceptors (Lipinski definition) is 8. The zero-order valence-electron chi connectivity index (χ0n) is 13.2. The van der Waals surface area contributed by atoms with E-state index in [1.807, 2.05) is 11.8 Å². The van der Waals surface area contributed by atoms with Crippen molar-refractivity contribution in [3.8, 4) is 0 Å². The zero-order chi connectivity index (χ0) is 15.5. The summed E-state index contributed by atoms with van der Waals surface area (Å²) in [4.78, 5) is 25.2. The maximum Gasteiger partial charge on any atom is 0.273 e. The number of halogens is 2. The Kier molecular flexibility index (Phi) is 8.31. The quantitative estimate of drug-likeness (QED) is 0.826. The fourth-order valence-corrected chi connectivity index (χ4v) is 3.73. The van der Waals surface area contributed by atoms with E-state index in [1.54, 1.807) is 5.38 Å². The summed E-state index contributed by atoms with van der Waals surface area (Å²) in [7, 11) is 0. The van der Waals surface area contributed by atoms with Gasteiger partial charge in [0.25, 0.3) is 5.91 Å². The number of amides is 1. The molecule has 0 bridgehead atoms. The molecule has 0 unspecified atom stereocenters. The van der Waals surface area contributed by atoms with Crippen LogP contribution in [0.15, 0.2) is 5.38 Å². The number of aryl methyl sites for hydroxylation is 1. The van der Waals surface area contributed by atoms with E-state index in [0.29, 0.717) is 25.3 Å². The molecule has 1 aliphatic heterocycles. The highest BCUT2D eigenvalue weighted by atomic mass is 35.5. The highest BCUT2D eigenvalue weighted by Gasteiger charge is 2.25. The molecule has 0 saturated carbocycles. The third kappa shape index (κ3) is 4.54. The summed E-state index contributed by atoms with van der Waals surface area (Å²) >= 11 is 2.86. The number of piperazine rings is 1. The number of nitrogens with two attached hydrogens (primary N) is 1. The molecule has 0 spiro atoms. The molecular formula is C13H20Cl2N6OS2. The molecule has 0 atom stereocenters. The fourth-order valence-electron chi connectivity index (χ4n) is 2.28. The first-order valence-corrected chi connectivity index (χ1v) is 8.87. The van der Waals surface area contributed by atoms with Gasteiger partial charge in [0.2, 0.25) is 5.13 Å². The lowest BCUT2D eigenvalue weighted by atomic mass is 10.3. The first kappa shape index (κ1) is 21.0. The predicted octanol–water partition coefficient (Wildman–Crippen LogP) is 1.82. The molecule has 2 N–H and O–H groups in total. The second kappa shape index (κ2) is 9.47. The minimum Gasteiger partial charge on any atom is -0.343 e. The molecule has 2 aromatic rings. The molecule has 7 nitrogen and oxygen atoms in total. The molecule has 2 aromatic heterocycles. The van der Waals surface area contributed by atoms with E-state index in [4.69, 9.17) is 5.73 Å². The molecule has 0 aliphatic carbocycles. The first-order chi connectivity index (χ1) is 10.7.